The van der Waals surface area contributed by atoms with Gasteiger partial charge in [0.25, 0.3) is 5.91 Å². The summed E-state index contributed by atoms with van der Waals surface area (Å²) in [5.41, 5.74) is 1.05. The molecule has 0 aliphatic carbocycles. The monoisotopic (exact) mass is 395 g/mol. The third-order valence-corrected chi connectivity index (χ3v) is 3.79. The summed E-state index contributed by atoms with van der Waals surface area (Å²) in [4.78, 5) is 27.6. The van der Waals surface area contributed by atoms with Crippen LogP contribution in [-0.2, 0) is 11.0 Å². The number of rotatable bonds is 4. The summed E-state index contributed by atoms with van der Waals surface area (Å²) >= 11 is 0. The van der Waals surface area contributed by atoms with Crippen molar-refractivity contribution in [2.24, 2.45) is 0 Å². The first-order chi connectivity index (χ1) is 13.3. The maximum absolute atomic E-state index is 13.0. The van der Waals surface area contributed by atoms with Gasteiger partial charge in [-0.3, -0.25) is 4.79 Å². The van der Waals surface area contributed by atoms with Crippen molar-refractivity contribution in [2.45, 2.75) is 12.6 Å². The normalized spacial score (nSPS) is 14.4. The molecule has 3 rings (SSSR count). The number of carbonyl (C=O) groups excluding carboxylic acids is 1. The van der Waals surface area contributed by atoms with Gasteiger partial charge in [-0.2, -0.15) is 13.2 Å². The molecule has 0 fully saturated rings. The summed E-state index contributed by atoms with van der Waals surface area (Å²) in [6.45, 7) is 3.38. The number of carbonyl (C=O) groups is 1. The second-order valence-corrected chi connectivity index (χ2v) is 5.69. The van der Waals surface area contributed by atoms with E-state index in [2.05, 4.69) is 26.5 Å². The minimum absolute atomic E-state index is 0.0447. The van der Waals surface area contributed by atoms with Gasteiger partial charge in [-0.25, -0.2) is 24.3 Å². The fraction of sp³-hybridized carbons (Fsp3) is 0.235. The first kappa shape index (κ1) is 19.4. The van der Waals surface area contributed by atoms with Gasteiger partial charge in [-0.15, -0.1) is 0 Å². The van der Waals surface area contributed by atoms with Gasteiger partial charge in [0.1, 0.15) is 5.69 Å². The number of alkyl halides is 3. The zero-order valence-electron chi connectivity index (χ0n) is 14.3. The molecule has 1 aliphatic heterocycles. The molecule has 0 aromatic carbocycles. The van der Waals surface area contributed by atoms with Crippen LogP contribution in [0.15, 0.2) is 43.3 Å². The van der Waals surface area contributed by atoms with Gasteiger partial charge in [0.15, 0.2) is 11.6 Å². The van der Waals surface area contributed by atoms with E-state index in [9.17, 15) is 22.4 Å². The fourth-order valence-electron chi connectivity index (χ4n) is 2.49. The van der Waals surface area contributed by atoms with Crippen molar-refractivity contribution in [1.82, 2.24) is 24.8 Å². The molecular weight excluding hydrogens is 382 g/mol. The van der Waals surface area contributed by atoms with Gasteiger partial charge < -0.3 is 9.64 Å². The molecule has 2 aromatic heterocycles. The van der Waals surface area contributed by atoms with Crippen molar-refractivity contribution >= 4 is 11.5 Å². The zero-order valence-corrected chi connectivity index (χ0v) is 14.3. The second kappa shape index (κ2) is 7.71. The Morgan fingerprint density at radius 1 is 1.14 bits per heavy atom. The summed E-state index contributed by atoms with van der Waals surface area (Å²) in [5, 5.41) is 0. The highest BCUT2D eigenvalue weighted by molar-refractivity contribution is 5.91. The maximum atomic E-state index is 13.0. The van der Waals surface area contributed by atoms with Crippen LogP contribution in [0.2, 0.25) is 0 Å². The van der Waals surface area contributed by atoms with Crippen LogP contribution in [0.3, 0.4) is 0 Å². The fourth-order valence-corrected chi connectivity index (χ4v) is 2.49. The number of hydrogen-bond acceptors (Lipinski definition) is 6. The van der Waals surface area contributed by atoms with Crippen molar-refractivity contribution in [3.8, 4) is 11.6 Å². The second-order valence-electron chi connectivity index (χ2n) is 5.69. The molecule has 0 unspecified atom stereocenters. The van der Waals surface area contributed by atoms with Gasteiger partial charge in [0, 0.05) is 25.5 Å². The SMILES string of the molecule is C=C(F)C(=O)N1CC=C(c2nccnc2Oc2cnc(C(F)(F)F)nc2)CC1. The summed E-state index contributed by atoms with van der Waals surface area (Å²) < 4.78 is 56.1. The molecule has 3 heterocycles. The molecule has 0 atom stereocenters. The highest BCUT2D eigenvalue weighted by Gasteiger charge is 2.34. The molecule has 1 amide bonds. The first-order valence-electron chi connectivity index (χ1n) is 7.97. The quantitative estimate of drug-likeness (QED) is 0.584. The summed E-state index contributed by atoms with van der Waals surface area (Å²) in [6.07, 6.45) is 1.93. The van der Waals surface area contributed by atoms with Gasteiger partial charge in [-0.05, 0) is 12.0 Å². The number of aromatic nitrogens is 4. The van der Waals surface area contributed by atoms with Crippen LogP contribution in [0.1, 0.15) is 17.9 Å². The van der Waals surface area contributed by atoms with Crippen molar-refractivity contribution in [3.05, 3.63) is 54.8 Å². The van der Waals surface area contributed by atoms with Crippen LogP contribution in [0.25, 0.3) is 5.57 Å². The van der Waals surface area contributed by atoms with Crippen LogP contribution in [0.5, 0.6) is 11.6 Å². The number of nitrogens with zero attached hydrogens (tertiary/aromatic N) is 5. The molecule has 0 spiro atoms. The highest BCUT2D eigenvalue weighted by Crippen LogP contribution is 2.31. The Balaban J connectivity index is 1.79. The van der Waals surface area contributed by atoms with E-state index in [0.717, 1.165) is 12.4 Å². The van der Waals surface area contributed by atoms with Crippen molar-refractivity contribution in [3.63, 3.8) is 0 Å². The Labute approximate surface area is 156 Å². The Hall–Kier alpha value is -3.37. The topological polar surface area (TPSA) is 81.1 Å². The zero-order chi connectivity index (χ0) is 20.3. The minimum Gasteiger partial charge on any atom is -0.434 e. The van der Waals surface area contributed by atoms with Gasteiger partial charge in [0.05, 0.1) is 12.4 Å². The summed E-state index contributed by atoms with van der Waals surface area (Å²) in [5.74, 6) is -3.10. The van der Waals surface area contributed by atoms with E-state index in [0.29, 0.717) is 17.7 Å². The molecule has 0 bridgehead atoms. The van der Waals surface area contributed by atoms with E-state index >= 15 is 0 Å². The van der Waals surface area contributed by atoms with Crippen LogP contribution in [-0.4, -0.2) is 43.8 Å². The predicted octanol–water partition coefficient (Wildman–Crippen LogP) is 3.18. The van der Waals surface area contributed by atoms with Crippen LogP contribution in [0.4, 0.5) is 17.6 Å². The molecule has 0 saturated carbocycles. The van der Waals surface area contributed by atoms with Crippen molar-refractivity contribution < 1.29 is 27.1 Å². The predicted molar refractivity (Wildman–Crippen MR) is 88.6 cm³/mol. The van der Waals surface area contributed by atoms with Gasteiger partial charge >= 0.3 is 6.18 Å². The van der Waals surface area contributed by atoms with E-state index in [1.807, 2.05) is 0 Å². The van der Waals surface area contributed by atoms with E-state index in [-0.39, 0.29) is 24.7 Å². The first-order valence-corrected chi connectivity index (χ1v) is 7.97. The number of halogens is 4. The Kier molecular flexibility index (Phi) is 5.34. The standard InChI is InChI=1S/C17H13F4N5O2/c1-10(18)15(27)26-6-2-11(3-7-26)13-14(23-5-4-22-13)28-12-8-24-16(25-9-12)17(19,20)21/h2,4-5,8-9H,1,3,6-7H2. The average molecular weight is 395 g/mol. The van der Waals surface area contributed by atoms with Crippen LogP contribution in [0, 0.1) is 0 Å². The van der Waals surface area contributed by atoms with Crippen LogP contribution >= 0.6 is 0 Å². The van der Waals surface area contributed by atoms with Gasteiger partial charge in [-0.1, -0.05) is 12.7 Å². The maximum Gasteiger partial charge on any atom is 0.451 e. The third-order valence-electron chi connectivity index (χ3n) is 3.79. The highest BCUT2D eigenvalue weighted by atomic mass is 19.4. The molecule has 1 aliphatic rings. The Bertz CT molecular complexity index is 928. The summed E-state index contributed by atoms with van der Waals surface area (Å²) in [7, 11) is 0. The minimum atomic E-state index is -4.66. The lowest BCUT2D eigenvalue weighted by molar-refractivity contribution is -0.145. The Morgan fingerprint density at radius 2 is 1.82 bits per heavy atom. The van der Waals surface area contributed by atoms with E-state index in [1.54, 1.807) is 6.08 Å². The molecule has 11 heteroatoms. The molecule has 0 N–H and O–H groups in total. The molecule has 7 nitrogen and oxygen atoms in total. The van der Waals surface area contributed by atoms with Gasteiger partial charge in [0.2, 0.25) is 11.7 Å². The summed E-state index contributed by atoms with van der Waals surface area (Å²) in [6, 6.07) is 0. The van der Waals surface area contributed by atoms with E-state index < -0.39 is 23.7 Å². The van der Waals surface area contributed by atoms with Crippen LogP contribution < -0.4 is 4.74 Å². The molecule has 2 aromatic rings. The lowest BCUT2D eigenvalue weighted by Gasteiger charge is -2.25. The molecule has 0 radical (unpaired) electrons. The smallest absolute Gasteiger partial charge is 0.434 e. The Morgan fingerprint density at radius 3 is 2.39 bits per heavy atom. The van der Waals surface area contributed by atoms with Crippen molar-refractivity contribution in [2.75, 3.05) is 13.1 Å². The molecule has 146 valence electrons. The molecular formula is C17H13F4N5O2. The average Bonchev–Trinajstić information content (AvgIpc) is 2.68. The largest absolute Gasteiger partial charge is 0.451 e. The third kappa shape index (κ3) is 4.30. The number of ether oxygens (including phenoxy) is 1. The molecule has 0 saturated heterocycles. The molecule has 28 heavy (non-hydrogen) atoms. The number of amides is 1. The van der Waals surface area contributed by atoms with Crippen molar-refractivity contribution in [1.29, 1.82) is 0 Å². The number of hydrogen-bond donors (Lipinski definition) is 0. The lowest BCUT2D eigenvalue weighted by Crippen LogP contribution is -2.34. The lowest BCUT2D eigenvalue weighted by atomic mass is 10.0. The van der Waals surface area contributed by atoms with E-state index in [1.165, 1.54) is 17.3 Å². The van der Waals surface area contributed by atoms with E-state index in [4.69, 9.17) is 4.74 Å².